The average Bonchev–Trinajstić information content (AvgIpc) is 3.06. The summed E-state index contributed by atoms with van der Waals surface area (Å²) >= 11 is 0. The van der Waals surface area contributed by atoms with Gasteiger partial charge in [-0.3, -0.25) is 14.8 Å². The van der Waals surface area contributed by atoms with Crippen molar-refractivity contribution in [3.63, 3.8) is 0 Å². The van der Waals surface area contributed by atoms with Gasteiger partial charge < -0.3 is 15.0 Å². The first kappa shape index (κ1) is 23.7. The first-order chi connectivity index (χ1) is 16.3. The summed E-state index contributed by atoms with van der Waals surface area (Å²) in [5.41, 5.74) is 4.38. The number of amides is 1. The zero-order valence-electron chi connectivity index (χ0n) is 20.7. The van der Waals surface area contributed by atoms with E-state index < -0.39 is 5.54 Å². The molecule has 1 unspecified atom stereocenters. The number of nitrogens with one attached hydrogen (secondary N) is 1. The fourth-order valence-electron chi connectivity index (χ4n) is 4.89. The molecule has 2 aromatic heterocycles. The van der Waals surface area contributed by atoms with E-state index >= 15 is 0 Å². The number of nitrogens with zero attached hydrogens (tertiary/aromatic N) is 3. The predicted molar refractivity (Wildman–Crippen MR) is 133 cm³/mol. The molecule has 2 aliphatic rings. The number of carbonyl (C=O) groups excluding carboxylic acids is 1. The van der Waals surface area contributed by atoms with E-state index in [4.69, 9.17) is 4.74 Å². The van der Waals surface area contributed by atoms with Crippen LogP contribution in [0.5, 0.6) is 0 Å². The van der Waals surface area contributed by atoms with E-state index in [1.165, 1.54) is 0 Å². The average molecular weight is 459 g/mol. The molecule has 0 spiro atoms. The number of hydrogen-bond acceptors (Lipinski definition) is 5. The number of aromatic nitrogens is 2. The minimum absolute atomic E-state index is 0.0600. The Morgan fingerprint density at radius 1 is 1.15 bits per heavy atom. The molecule has 0 fully saturated rings. The minimum Gasteiger partial charge on any atom is -0.495 e. The summed E-state index contributed by atoms with van der Waals surface area (Å²) < 4.78 is 6.11. The number of pyridine rings is 2. The highest BCUT2D eigenvalue weighted by Gasteiger charge is 2.50. The van der Waals surface area contributed by atoms with Gasteiger partial charge in [0.05, 0.1) is 35.2 Å². The smallest absolute Gasteiger partial charge is 0.253 e. The second-order valence-electron chi connectivity index (χ2n) is 9.70. The first-order valence-electron chi connectivity index (χ1n) is 12.0. The Morgan fingerprint density at radius 3 is 2.62 bits per heavy atom. The number of carbonyl (C=O) groups is 1. The van der Waals surface area contributed by atoms with Gasteiger partial charge in [-0.15, -0.1) is 0 Å². The number of hydrogen-bond donors (Lipinski definition) is 1. The lowest BCUT2D eigenvalue weighted by atomic mass is 9.81. The molecular weight excluding hydrogens is 424 g/mol. The lowest BCUT2D eigenvalue weighted by Gasteiger charge is -2.42. The molecule has 6 nitrogen and oxygen atoms in total. The van der Waals surface area contributed by atoms with Gasteiger partial charge in [0.1, 0.15) is 0 Å². The molecule has 0 aromatic carbocycles. The number of fused-ring (bicyclic) bond motifs is 1. The van der Waals surface area contributed by atoms with Crippen molar-refractivity contribution in [2.75, 3.05) is 0 Å². The van der Waals surface area contributed by atoms with Crippen molar-refractivity contribution in [2.45, 2.75) is 65.8 Å². The van der Waals surface area contributed by atoms with Gasteiger partial charge in [0, 0.05) is 37.3 Å². The van der Waals surface area contributed by atoms with Crippen molar-refractivity contribution in [1.29, 1.82) is 0 Å². The summed E-state index contributed by atoms with van der Waals surface area (Å²) in [4.78, 5) is 24.8. The zero-order valence-corrected chi connectivity index (χ0v) is 20.7. The van der Waals surface area contributed by atoms with Gasteiger partial charge in [0.2, 0.25) is 0 Å². The molecular formula is C28H34N4O2. The predicted octanol–water partition coefficient (Wildman–Crippen LogP) is 4.92. The molecule has 0 saturated carbocycles. The van der Waals surface area contributed by atoms with Crippen molar-refractivity contribution < 1.29 is 9.53 Å². The summed E-state index contributed by atoms with van der Waals surface area (Å²) in [6, 6.07) is 9.82. The van der Waals surface area contributed by atoms with E-state index in [1.54, 1.807) is 12.4 Å². The second-order valence-corrected chi connectivity index (χ2v) is 9.70. The zero-order chi connectivity index (χ0) is 24.3. The number of ether oxygens (including phenoxy) is 1. The van der Waals surface area contributed by atoms with Crippen molar-refractivity contribution in [3.05, 3.63) is 94.9 Å². The van der Waals surface area contributed by atoms with Crippen LogP contribution in [0.25, 0.3) is 0 Å². The number of rotatable bonds is 8. The quantitative estimate of drug-likeness (QED) is 0.608. The highest BCUT2D eigenvalue weighted by molar-refractivity contribution is 6.00. The normalized spacial score (nSPS) is 19.8. The van der Waals surface area contributed by atoms with Gasteiger partial charge in [-0.25, -0.2) is 0 Å². The molecule has 0 radical (unpaired) electrons. The van der Waals surface area contributed by atoms with Crippen LogP contribution in [0.15, 0.2) is 83.7 Å². The maximum Gasteiger partial charge on any atom is 0.253 e. The third-order valence-electron chi connectivity index (χ3n) is 6.33. The van der Waals surface area contributed by atoms with Gasteiger partial charge in [-0.2, -0.15) is 0 Å². The largest absolute Gasteiger partial charge is 0.495 e. The maximum atomic E-state index is 13.7. The lowest BCUT2D eigenvalue weighted by molar-refractivity contribution is -0.117. The Kier molecular flexibility index (Phi) is 6.87. The monoisotopic (exact) mass is 458 g/mol. The van der Waals surface area contributed by atoms with Gasteiger partial charge >= 0.3 is 0 Å². The van der Waals surface area contributed by atoms with E-state index in [0.29, 0.717) is 19.5 Å². The van der Waals surface area contributed by atoms with E-state index in [1.807, 2.05) is 56.5 Å². The second kappa shape index (κ2) is 9.84. The summed E-state index contributed by atoms with van der Waals surface area (Å²) in [6.07, 6.45) is 10.2. The SMILES string of the molecule is CC(C)OC1=CC=C2C(C(=O)NCc3cccnc3)=C(C(C)C)N(Cc3ccccn3)C2(C)C1. The summed E-state index contributed by atoms with van der Waals surface area (Å²) in [7, 11) is 0. The minimum atomic E-state index is -0.406. The highest BCUT2D eigenvalue weighted by Crippen LogP contribution is 2.50. The van der Waals surface area contributed by atoms with Crippen LogP contribution in [0, 0.1) is 5.92 Å². The van der Waals surface area contributed by atoms with Crippen LogP contribution in [-0.2, 0) is 22.6 Å². The summed E-state index contributed by atoms with van der Waals surface area (Å²) in [6.45, 7) is 11.6. The highest BCUT2D eigenvalue weighted by atomic mass is 16.5. The van der Waals surface area contributed by atoms with Crippen LogP contribution >= 0.6 is 0 Å². The molecule has 1 N–H and O–H groups in total. The summed E-state index contributed by atoms with van der Waals surface area (Å²) in [5.74, 6) is 1.03. The maximum absolute atomic E-state index is 13.7. The third-order valence-corrected chi connectivity index (χ3v) is 6.33. The molecule has 1 aliphatic carbocycles. The Labute approximate surface area is 202 Å². The molecule has 1 atom stereocenters. The molecule has 3 heterocycles. The lowest BCUT2D eigenvalue weighted by Crippen LogP contribution is -2.45. The Hall–Kier alpha value is -3.41. The number of allylic oxidation sites excluding steroid dienone is 3. The first-order valence-corrected chi connectivity index (χ1v) is 12.0. The van der Waals surface area contributed by atoms with Crippen molar-refractivity contribution in [3.8, 4) is 0 Å². The standard InChI is InChI=1S/C28H34N4O2/c1-19(2)26-25(27(33)31-17-21-9-8-13-29-16-21)24-12-11-23(34-20(3)4)15-28(24,5)32(26)18-22-10-6-7-14-30-22/h6-14,16,19-20H,15,17-18H2,1-5H3,(H,31,33). The molecule has 34 heavy (non-hydrogen) atoms. The molecule has 1 aliphatic heterocycles. The Bertz CT molecular complexity index is 1120. The van der Waals surface area contributed by atoms with Crippen LogP contribution in [0.1, 0.15) is 52.3 Å². The molecule has 4 rings (SSSR count). The fourth-order valence-corrected chi connectivity index (χ4v) is 4.89. The van der Waals surface area contributed by atoms with E-state index in [0.717, 1.165) is 33.9 Å². The van der Waals surface area contributed by atoms with Gasteiger partial charge in [-0.1, -0.05) is 32.1 Å². The molecule has 178 valence electrons. The van der Waals surface area contributed by atoms with Crippen LogP contribution in [0.4, 0.5) is 0 Å². The molecule has 0 bridgehead atoms. The summed E-state index contributed by atoms with van der Waals surface area (Å²) in [5, 5.41) is 3.13. The van der Waals surface area contributed by atoms with E-state index in [-0.39, 0.29) is 17.9 Å². The third kappa shape index (κ3) is 4.76. The Balaban J connectivity index is 1.75. The van der Waals surface area contributed by atoms with Crippen molar-refractivity contribution in [2.24, 2.45) is 5.92 Å². The topological polar surface area (TPSA) is 67.3 Å². The molecule has 0 saturated heterocycles. The van der Waals surface area contributed by atoms with Crippen molar-refractivity contribution >= 4 is 5.91 Å². The van der Waals surface area contributed by atoms with Gasteiger partial charge in [-0.05, 0) is 62.1 Å². The molecule has 6 heteroatoms. The van der Waals surface area contributed by atoms with Gasteiger partial charge in [0.15, 0.2) is 0 Å². The van der Waals surface area contributed by atoms with Crippen LogP contribution in [0.3, 0.4) is 0 Å². The molecule has 2 aromatic rings. The van der Waals surface area contributed by atoms with Crippen molar-refractivity contribution in [1.82, 2.24) is 20.2 Å². The van der Waals surface area contributed by atoms with Crippen LogP contribution in [-0.4, -0.2) is 32.4 Å². The van der Waals surface area contributed by atoms with E-state index in [9.17, 15) is 4.79 Å². The Morgan fingerprint density at radius 2 is 1.97 bits per heavy atom. The van der Waals surface area contributed by atoms with Crippen LogP contribution in [0.2, 0.25) is 0 Å². The molecule has 1 amide bonds. The van der Waals surface area contributed by atoms with E-state index in [2.05, 4.69) is 47.0 Å². The fraction of sp³-hybridized carbons (Fsp3) is 0.393. The van der Waals surface area contributed by atoms with Crippen LogP contribution < -0.4 is 5.32 Å². The van der Waals surface area contributed by atoms with Gasteiger partial charge in [0.25, 0.3) is 5.91 Å².